The molecule has 0 aliphatic carbocycles. The second kappa shape index (κ2) is 5.60. The van der Waals surface area contributed by atoms with Crippen LogP contribution in [0.15, 0.2) is 83.3 Å². The molecule has 126 valence electrons. The van der Waals surface area contributed by atoms with E-state index in [0.29, 0.717) is 5.89 Å². The fourth-order valence-electron chi connectivity index (χ4n) is 3.61. The number of aryl methyl sites for hydroxylation is 1. The van der Waals surface area contributed by atoms with Gasteiger partial charge in [0.2, 0.25) is 0 Å². The van der Waals surface area contributed by atoms with Crippen molar-refractivity contribution >= 4 is 17.2 Å². The third kappa shape index (κ3) is 2.17. The predicted octanol–water partition coefficient (Wildman–Crippen LogP) is 5.49. The lowest BCUT2D eigenvalue weighted by molar-refractivity contribution is 0.161. The van der Waals surface area contributed by atoms with Gasteiger partial charge in [-0.05, 0) is 24.3 Å². The molecule has 0 spiro atoms. The van der Waals surface area contributed by atoms with Crippen LogP contribution in [0.3, 0.4) is 0 Å². The van der Waals surface area contributed by atoms with E-state index in [2.05, 4.69) is 41.4 Å². The minimum Gasteiger partial charge on any atom is -0.473 e. The monoisotopic (exact) mass is 339 g/mol. The molecule has 0 N–H and O–H groups in total. The number of fused-ring (bicyclic) bond motifs is 3. The van der Waals surface area contributed by atoms with Gasteiger partial charge in [-0.2, -0.15) is 0 Å². The molecule has 1 aliphatic heterocycles. The molecule has 1 aliphatic rings. The van der Waals surface area contributed by atoms with Crippen molar-refractivity contribution in [2.24, 2.45) is 0 Å². The van der Waals surface area contributed by atoms with Crippen LogP contribution in [0.4, 0.5) is 0 Å². The van der Waals surface area contributed by atoms with Crippen molar-refractivity contribution in [3.63, 3.8) is 0 Å². The van der Waals surface area contributed by atoms with E-state index in [-0.39, 0.29) is 0 Å². The van der Waals surface area contributed by atoms with Crippen LogP contribution in [0, 0.1) is 6.92 Å². The maximum atomic E-state index is 6.64. The van der Waals surface area contributed by atoms with E-state index in [1.165, 1.54) is 0 Å². The minimum absolute atomic E-state index is 0.657. The molecule has 26 heavy (non-hydrogen) atoms. The Labute approximate surface area is 151 Å². The lowest BCUT2D eigenvalue weighted by atomic mass is 9.83. The van der Waals surface area contributed by atoms with Gasteiger partial charge in [0.15, 0.2) is 17.1 Å². The predicted molar refractivity (Wildman–Crippen MR) is 102 cm³/mol. The molecule has 3 nitrogen and oxygen atoms in total. The van der Waals surface area contributed by atoms with E-state index in [0.717, 1.165) is 33.5 Å². The van der Waals surface area contributed by atoms with Crippen molar-refractivity contribution < 1.29 is 9.15 Å². The van der Waals surface area contributed by atoms with Gasteiger partial charge in [0.25, 0.3) is 0 Å². The van der Waals surface area contributed by atoms with Gasteiger partial charge in [-0.3, -0.25) is 0 Å². The van der Waals surface area contributed by atoms with Gasteiger partial charge in [0.1, 0.15) is 11.3 Å². The first kappa shape index (κ1) is 15.0. The number of oxazole rings is 1. The Morgan fingerprint density at radius 1 is 0.808 bits per heavy atom. The van der Waals surface area contributed by atoms with Gasteiger partial charge >= 0.3 is 0 Å². The molecule has 3 heteroatoms. The highest BCUT2D eigenvalue weighted by Crippen LogP contribution is 2.43. The van der Waals surface area contributed by atoms with E-state index < -0.39 is 5.60 Å². The number of nitrogens with zero attached hydrogens (tertiary/aromatic N) is 1. The maximum absolute atomic E-state index is 6.64. The van der Waals surface area contributed by atoms with Crippen LogP contribution in [-0.4, -0.2) is 4.98 Å². The Bertz CT molecular complexity index is 1070. The van der Waals surface area contributed by atoms with E-state index in [9.17, 15) is 0 Å². The quantitative estimate of drug-likeness (QED) is 0.485. The molecule has 0 saturated heterocycles. The highest BCUT2D eigenvalue weighted by Gasteiger charge is 2.37. The van der Waals surface area contributed by atoms with Crippen LogP contribution < -0.4 is 4.74 Å². The summed E-state index contributed by atoms with van der Waals surface area (Å²) in [6.07, 6.45) is 4.21. The molecular weight excluding hydrogens is 322 g/mol. The first-order chi connectivity index (χ1) is 12.8. The van der Waals surface area contributed by atoms with Crippen molar-refractivity contribution in [3.8, 4) is 5.75 Å². The molecule has 0 atom stereocenters. The molecule has 5 rings (SSSR count). The molecule has 0 fully saturated rings. The van der Waals surface area contributed by atoms with Crippen LogP contribution >= 0.6 is 0 Å². The first-order valence-corrected chi connectivity index (χ1v) is 8.66. The molecular formula is C23H17NO2. The molecule has 0 unspecified atom stereocenters. The summed E-state index contributed by atoms with van der Waals surface area (Å²) in [5, 5.41) is 0. The number of rotatable bonds is 2. The number of aromatic nitrogens is 1. The normalized spacial score (nSPS) is 14.8. The third-order valence-electron chi connectivity index (χ3n) is 4.83. The summed E-state index contributed by atoms with van der Waals surface area (Å²) in [7, 11) is 0. The number of benzene rings is 3. The summed E-state index contributed by atoms with van der Waals surface area (Å²) >= 11 is 0. The Kier molecular flexibility index (Phi) is 3.22. The van der Waals surface area contributed by atoms with Crippen LogP contribution in [0.2, 0.25) is 0 Å². The SMILES string of the molecule is Cc1nc2c3c(ccc2o1)OC(c1ccccc1)(c1ccccc1)C=C3. The fraction of sp³-hybridized carbons (Fsp3) is 0.0870. The molecule has 3 aromatic carbocycles. The summed E-state index contributed by atoms with van der Waals surface area (Å²) < 4.78 is 12.3. The van der Waals surface area contributed by atoms with Crippen molar-refractivity contribution in [1.29, 1.82) is 0 Å². The summed E-state index contributed by atoms with van der Waals surface area (Å²) in [6.45, 7) is 1.86. The highest BCUT2D eigenvalue weighted by molar-refractivity contribution is 5.88. The first-order valence-electron chi connectivity index (χ1n) is 8.66. The van der Waals surface area contributed by atoms with Gasteiger partial charge in [-0.25, -0.2) is 4.98 Å². The van der Waals surface area contributed by atoms with E-state index in [4.69, 9.17) is 9.15 Å². The largest absolute Gasteiger partial charge is 0.473 e. The lowest BCUT2D eigenvalue weighted by Gasteiger charge is -2.36. The zero-order chi connectivity index (χ0) is 17.6. The van der Waals surface area contributed by atoms with Crippen LogP contribution in [-0.2, 0) is 5.60 Å². The van der Waals surface area contributed by atoms with Gasteiger partial charge in [-0.1, -0.05) is 60.7 Å². The van der Waals surface area contributed by atoms with Gasteiger partial charge in [0, 0.05) is 23.6 Å². The zero-order valence-electron chi connectivity index (χ0n) is 14.3. The summed E-state index contributed by atoms with van der Waals surface area (Å²) in [4.78, 5) is 4.52. The van der Waals surface area contributed by atoms with Gasteiger partial charge in [-0.15, -0.1) is 0 Å². The Morgan fingerprint density at radius 2 is 1.46 bits per heavy atom. The van der Waals surface area contributed by atoms with Crippen LogP contribution in [0.25, 0.3) is 17.2 Å². The topological polar surface area (TPSA) is 35.3 Å². The van der Waals surface area contributed by atoms with Crippen molar-refractivity contribution in [2.75, 3.05) is 0 Å². The van der Waals surface area contributed by atoms with Gasteiger partial charge in [0.05, 0.1) is 0 Å². The minimum atomic E-state index is -0.665. The Hall–Kier alpha value is -3.33. The highest BCUT2D eigenvalue weighted by atomic mass is 16.5. The molecule has 4 aromatic rings. The standard InChI is InChI=1S/C23H17NO2/c1-16-24-22-19-14-15-23(17-8-4-2-5-9-17,18-10-6-3-7-11-18)26-20(19)12-13-21(22)25-16/h2-15H,1H3. The van der Waals surface area contributed by atoms with Crippen molar-refractivity contribution in [1.82, 2.24) is 4.98 Å². The summed E-state index contributed by atoms with van der Waals surface area (Å²) in [5.74, 6) is 1.46. The number of hydrogen-bond acceptors (Lipinski definition) is 3. The smallest absolute Gasteiger partial charge is 0.192 e. The van der Waals surface area contributed by atoms with Crippen LogP contribution in [0.1, 0.15) is 22.6 Å². The molecule has 0 radical (unpaired) electrons. The second-order valence-corrected chi connectivity index (χ2v) is 6.46. The average Bonchev–Trinajstić information content (AvgIpc) is 3.09. The van der Waals surface area contributed by atoms with E-state index in [1.54, 1.807) is 0 Å². The number of ether oxygens (including phenoxy) is 1. The third-order valence-corrected chi connectivity index (χ3v) is 4.83. The maximum Gasteiger partial charge on any atom is 0.192 e. The Balaban J connectivity index is 1.74. The van der Waals surface area contributed by atoms with Crippen LogP contribution in [0.5, 0.6) is 5.75 Å². The molecule has 0 amide bonds. The van der Waals surface area contributed by atoms with E-state index >= 15 is 0 Å². The lowest BCUT2D eigenvalue weighted by Crippen LogP contribution is -2.34. The summed E-state index contributed by atoms with van der Waals surface area (Å²) in [6, 6.07) is 24.5. The van der Waals surface area contributed by atoms with Crippen molar-refractivity contribution in [3.05, 3.63) is 101 Å². The molecule has 0 bridgehead atoms. The summed E-state index contributed by atoms with van der Waals surface area (Å²) in [5.41, 5.74) is 4.09. The fourth-order valence-corrected chi connectivity index (χ4v) is 3.61. The molecule has 0 saturated carbocycles. The zero-order valence-corrected chi connectivity index (χ0v) is 14.3. The average molecular weight is 339 g/mol. The molecule has 1 aromatic heterocycles. The van der Waals surface area contributed by atoms with Crippen molar-refractivity contribution in [2.45, 2.75) is 12.5 Å². The van der Waals surface area contributed by atoms with Gasteiger partial charge < -0.3 is 9.15 Å². The Morgan fingerprint density at radius 3 is 2.12 bits per heavy atom. The number of hydrogen-bond donors (Lipinski definition) is 0. The van der Waals surface area contributed by atoms with E-state index in [1.807, 2.05) is 55.5 Å². The molecule has 2 heterocycles. The second-order valence-electron chi connectivity index (χ2n) is 6.46.